The molecule has 0 radical (unpaired) electrons. The number of carbonyl (C=O) groups is 1. The van der Waals surface area contributed by atoms with E-state index in [-0.39, 0.29) is 23.9 Å². The summed E-state index contributed by atoms with van der Waals surface area (Å²) in [5.41, 5.74) is 3.87. The van der Waals surface area contributed by atoms with Crippen molar-refractivity contribution >= 4 is 27.8 Å². The Morgan fingerprint density at radius 3 is 2.96 bits per heavy atom. The van der Waals surface area contributed by atoms with E-state index in [1.54, 1.807) is 6.26 Å². The molecule has 3 aromatic rings. The van der Waals surface area contributed by atoms with E-state index in [4.69, 9.17) is 14.5 Å². The molecule has 3 atom stereocenters. The molecule has 0 fully saturated rings. The van der Waals surface area contributed by atoms with Crippen molar-refractivity contribution in [2.75, 3.05) is 7.11 Å². The van der Waals surface area contributed by atoms with Crippen LogP contribution in [-0.2, 0) is 27.2 Å². The molecular formula is C21H20N2O3. The highest BCUT2D eigenvalue weighted by molar-refractivity contribution is 6.07. The van der Waals surface area contributed by atoms with E-state index in [1.165, 1.54) is 23.6 Å². The maximum absolute atomic E-state index is 12.3. The molecule has 1 aromatic carbocycles. The van der Waals surface area contributed by atoms with Crippen molar-refractivity contribution in [3.63, 3.8) is 0 Å². The van der Waals surface area contributed by atoms with Gasteiger partial charge in [0.25, 0.3) is 0 Å². The number of fused-ring (bicyclic) bond motifs is 6. The number of rotatable bonds is 1. The van der Waals surface area contributed by atoms with Crippen LogP contribution < -0.4 is 9.55 Å². The van der Waals surface area contributed by atoms with Gasteiger partial charge in [-0.25, -0.2) is 9.36 Å². The zero-order chi connectivity index (χ0) is 17.8. The minimum atomic E-state index is -0.298. The summed E-state index contributed by atoms with van der Waals surface area (Å²) in [5, 5.41) is 2.35. The van der Waals surface area contributed by atoms with Crippen LogP contribution in [0.25, 0.3) is 21.8 Å². The summed E-state index contributed by atoms with van der Waals surface area (Å²) in [6.45, 7) is 2.88. The number of methoxy groups -OCH3 is 1. The van der Waals surface area contributed by atoms with Crippen molar-refractivity contribution in [3.05, 3.63) is 54.1 Å². The summed E-state index contributed by atoms with van der Waals surface area (Å²) in [4.78, 5) is 17.1. The summed E-state index contributed by atoms with van der Waals surface area (Å²) in [7, 11) is 1.42. The molecule has 4 heterocycles. The molecule has 0 spiro atoms. The highest BCUT2D eigenvalue weighted by Crippen LogP contribution is 2.38. The molecule has 0 N–H and O–H groups in total. The third kappa shape index (κ3) is 2.09. The smallest absolute Gasteiger partial charge is 0.337 e. The number of nitrogens with zero attached hydrogens (tertiary/aromatic N) is 2. The van der Waals surface area contributed by atoms with Crippen LogP contribution >= 0.6 is 0 Å². The molecule has 0 bridgehead atoms. The van der Waals surface area contributed by atoms with Gasteiger partial charge in [0.05, 0.1) is 24.9 Å². The van der Waals surface area contributed by atoms with Crippen molar-refractivity contribution in [3.8, 4) is 0 Å². The maximum Gasteiger partial charge on any atom is 0.337 e. The second-order valence-electron chi connectivity index (χ2n) is 7.19. The second-order valence-corrected chi connectivity index (χ2v) is 7.19. The van der Waals surface area contributed by atoms with E-state index < -0.39 is 0 Å². The van der Waals surface area contributed by atoms with Gasteiger partial charge in [-0.3, -0.25) is 0 Å². The van der Waals surface area contributed by atoms with Gasteiger partial charge in [-0.1, -0.05) is 29.8 Å². The van der Waals surface area contributed by atoms with Crippen LogP contribution in [0.1, 0.15) is 12.6 Å². The number of benzene rings is 1. The van der Waals surface area contributed by atoms with Crippen LogP contribution in [0.4, 0.5) is 0 Å². The lowest BCUT2D eigenvalue weighted by Gasteiger charge is -2.37. The highest BCUT2D eigenvalue weighted by Gasteiger charge is 2.44. The Morgan fingerprint density at radius 2 is 2.12 bits per heavy atom. The summed E-state index contributed by atoms with van der Waals surface area (Å²) in [5.74, 6) is 0.0400. The fourth-order valence-electron chi connectivity index (χ4n) is 4.49. The summed E-state index contributed by atoms with van der Waals surface area (Å²) in [6.07, 6.45) is 4.57. The standard InChI is InChI=1S/C21H20N2O3/c1-12-16-10-23-8-7-14-13-5-3-4-6-18(13)22-20(14)19(23)9-15(16)17(11-26-12)21(24)25-2/h3-8,11-12,15-16H,9-10H2,1-2H3/t12-,15-,16+/m0/s1. The third-order valence-corrected chi connectivity index (χ3v) is 5.89. The Balaban J connectivity index is 1.68. The number of carbonyl (C=O) groups excluding carboxylic acids is 1. The topological polar surface area (TPSA) is 53.5 Å². The van der Waals surface area contributed by atoms with E-state index >= 15 is 0 Å². The minimum absolute atomic E-state index is 0.0662. The van der Waals surface area contributed by atoms with Crippen molar-refractivity contribution in [2.45, 2.75) is 26.0 Å². The van der Waals surface area contributed by atoms with Crippen molar-refractivity contribution in [1.29, 1.82) is 0 Å². The number of hydrogen-bond acceptors (Lipinski definition) is 3. The fourth-order valence-corrected chi connectivity index (χ4v) is 4.49. The predicted molar refractivity (Wildman–Crippen MR) is 96.3 cm³/mol. The Morgan fingerprint density at radius 1 is 1.27 bits per heavy atom. The summed E-state index contributed by atoms with van der Waals surface area (Å²) in [6, 6.07) is 10.4. The Bertz CT molecular complexity index is 1070. The normalized spacial score (nSPS) is 24.5. The van der Waals surface area contributed by atoms with Gasteiger partial charge < -0.3 is 14.5 Å². The molecule has 26 heavy (non-hydrogen) atoms. The lowest BCUT2D eigenvalue weighted by Crippen LogP contribution is -2.54. The van der Waals surface area contributed by atoms with Gasteiger partial charge in [0.2, 0.25) is 0 Å². The molecular weight excluding hydrogens is 328 g/mol. The van der Waals surface area contributed by atoms with Crippen molar-refractivity contribution in [1.82, 2.24) is 4.98 Å². The van der Waals surface area contributed by atoms with Crippen molar-refractivity contribution in [2.24, 2.45) is 11.8 Å². The average molecular weight is 348 g/mol. The minimum Gasteiger partial charge on any atom is -0.652 e. The number of pyridine rings is 1. The molecule has 5 rings (SSSR count). The lowest BCUT2D eigenvalue weighted by molar-refractivity contribution is -0.717. The first-order chi connectivity index (χ1) is 12.7. The van der Waals surface area contributed by atoms with E-state index in [0.717, 1.165) is 24.0 Å². The molecule has 0 unspecified atom stereocenters. The predicted octanol–water partition coefficient (Wildman–Crippen LogP) is 2.50. The largest absolute Gasteiger partial charge is 0.652 e. The first-order valence-corrected chi connectivity index (χ1v) is 8.97. The van der Waals surface area contributed by atoms with Crippen molar-refractivity contribution < 1.29 is 18.8 Å². The zero-order valence-corrected chi connectivity index (χ0v) is 14.8. The van der Waals surface area contributed by atoms with Crippen LogP contribution in [0.2, 0.25) is 0 Å². The second kappa shape index (κ2) is 5.59. The Kier molecular flexibility index (Phi) is 3.32. The number of hydrogen-bond donors (Lipinski definition) is 0. The number of ether oxygens (including phenoxy) is 2. The molecule has 0 saturated carbocycles. The van der Waals surface area contributed by atoms with Gasteiger partial charge in [-0.2, -0.15) is 0 Å². The summed E-state index contributed by atoms with van der Waals surface area (Å²) < 4.78 is 13.0. The summed E-state index contributed by atoms with van der Waals surface area (Å²) >= 11 is 0. The molecule has 0 saturated heterocycles. The van der Waals surface area contributed by atoms with Crippen LogP contribution in [0.5, 0.6) is 0 Å². The first kappa shape index (κ1) is 15.4. The first-order valence-electron chi connectivity index (χ1n) is 8.97. The molecule has 0 aliphatic carbocycles. The van der Waals surface area contributed by atoms with Crippen LogP contribution in [0.3, 0.4) is 0 Å². The molecule has 5 nitrogen and oxygen atoms in total. The monoisotopic (exact) mass is 348 g/mol. The molecule has 2 aliphatic rings. The van der Waals surface area contributed by atoms with Gasteiger partial charge in [0.1, 0.15) is 6.10 Å². The number of esters is 1. The lowest BCUT2D eigenvalue weighted by atomic mass is 9.76. The molecule has 2 aromatic heterocycles. The zero-order valence-electron chi connectivity index (χ0n) is 14.8. The van der Waals surface area contributed by atoms with Gasteiger partial charge in [-0.05, 0) is 17.7 Å². The molecule has 132 valence electrons. The van der Waals surface area contributed by atoms with Gasteiger partial charge in [0, 0.05) is 18.4 Å². The molecule has 2 aliphatic heterocycles. The van der Waals surface area contributed by atoms with E-state index in [1.807, 2.05) is 18.2 Å². The van der Waals surface area contributed by atoms with Crippen LogP contribution in [0.15, 0.2) is 48.4 Å². The Labute approximate surface area is 151 Å². The Hall–Kier alpha value is -2.82. The number of aromatic nitrogens is 2. The highest BCUT2D eigenvalue weighted by atomic mass is 16.5. The maximum atomic E-state index is 12.3. The third-order valence-electron chi connectivity index (χ3n) is 5.89. The quantitative estimate of drug-likeness (QED) is 0.501. The van der Waals surface area contributed by atoms with Crippen LogP contribution in [-0.4, -0.2) is 19.2 Å². The van der Waals surface area contributed by atoms with Gasteiger partial charge in [-0.15, -0.1) is 5.52 Å². The van der Waals surface area contributed by atoms with E-state index in [0.29, 0.717) is 5.57 Å². The van der Waals surface area contributed by atoms with E-state index in [2.05, 4.69) is 29.8 Å². The molecule has 5 heteroatoms. The SMILES string of the molecule is COC(=O)C1=CO[C@@H](C)[C@H]2C[n+]3ccc4c([n-]c5ccccc54)c3C[C@H]12. The van der Waals surface area contributed by atoms with E-state index in [9.17, 15) is 4.79 Å². The average Bonchev–Trinajstić information content (AvgIpc) is 3.06. The van der Waals surface area contributed by atoms with Gasteiger partial charge in [0.15, 0.2) is 18.4 Å². The van der Waals surface area contributed by atoms with Crippen LogP contribution in [0, 0.1) is 11.8 Å². The van der Waals surface area contributed by atoms with Gasteiger partial charge >= 0.3 is 5.97 Å². The fraction of sp³-hybridized carbons (Fsp3) is 0.333. The molecule has 0 amide bonds. The number of para-hydroxylation sites is 1.